The number of fused-ring (bicyclic) bond motifs is 3. The molecule has 0 bridgehead atoms. The lowest BCUT2D eigenvalue weighted by atomic mass is 9.79. The molecule has 5 aromatic rings. The summed E-state index contributed by atoms with van der Waals surface area (Å²) in [7, 11) is 0. The highest BCUT2D eigenvalue weighted by molar-refractivity contribution is 6.32. The Morgan fingerprint density at radius 3 is 2.58 bits per heavy atom. The van der Waals surface area contributed by atoms with Crippen LogP contribution in [0.2, 0.25) is 10.0 Å². The second-order valence-corrected chi connectivity index (χ2v) is 14.3. The number of halogens is 2. The first kappa shape index (κ1) is 32.6. The fraction of sp³-hybridized carbons (Fsp3) is 0.268. The number of anilines is 1. The molecule has 254 valence electrons. The molecule has 1 amide bonds. The zero-order valence-electron chi connectivity index (χ0n) is 28.4. The van der Waals surface area contributed by atoms with Crippen LogP contribution in [0.5, 0.6) is 5.88 Å². The van der Waals surface area contributed by atoms with Gasteiger partial charge in [0.05, 0.1) is 18.3 Å². The van der Waals surface area contributed by atoms with Crippen LogP contribution < -0.4 is 10.1 Å². The van der Waals surface area contributed by atoms with Gasteiger partial charge >= 0.3 is 0 Å². The molecule has 4 heterocycles. The number of aromatic nitrogens is 2. The van der Waals surface area contributed by atoms with E-state index in [1.54, 1.807) is 12.3 Å². The number of pyridine rings is 1. The number of benzene rings is 3. The molecule has 2 aliphatic heterocycles. The zero-order chi connectivity index (χ0) is 34.6. The minimum Gasteiger partial charge on any atom is -0.476 e. The fourth-order valence-electron chi connectivity index (χ4n) is 7.78. The summed E-state index contributed by atoms with van der Waals surface area (Å²) in [6, 6.07) is 26.0. The van der Waals surface area contributed by atoms with Gasteiger partial charge in [0.25, 0.3) is 5.91 Å². The number of aromatic amines is 1. The molecule has 1 aliphatic carbocycles. The molecular weight excluding hydrogens is 665 g/mol. The summed E-state index contributed by atoms with van der Waals surface area (Å²) in [4.78, 5) is 27.3. The summed E-state index contributed by atoms with van der Waals surface area (Å²) in [6.07, 6.45) is 5.78. The Morgan fingerprint density at radius 2 is 1.82 bits per heavy atom. The molecule has 2 aromatic heterocycles. The molecule has 9 heteroatoms. The Hall–Kier alpha value is -4.56. The molecular formula is C41H39Cl2N5O2. The maximum Gasteiger partial charge on any atom is 0.272 e. The lowest BCUT2D eigenvalue weighted by Crippen LogP contribution is -2.31. The van der Waals surface area contributed by atoms with Gasteiger partial charge in [0.1, 0.15) is 11.4 Å². The molecule has 7 nitrogen and oxygen atoms in total. The average Bonchev–Trinajstić information content (AvgIpc) is 3.65. The Kier molecular flexibility index (Phi) is 8.46. The third kappa shape index (κ3) is 5.58. The normalized spacial score (nSPS) is 19.0. The Labute approximate surface area is 302 Å². The molecule has 0 spiro atoms. The van der Waals surface area contributed by atoms with E-state index in [0.717, 1.165) is 71.3 Å². The highest BCUT2D eigenvalue weighted by atomic mass is 35.5. The van der Waals surface area contributed by atoms with Crippen LogP contribution in [0.3, 0.4) is 0 Å². The van der Waals surface area contributed by atoms with Crippen LogP contribution in [0.15, 0.2) is 96.8 Å². The van der Waals surface area contributed by atoms with Gasteiger partial charge in [-0.05, 0) is 90.2 Å². The minimum atomic E-state index is -0.278. The first-order chi connectivity index (χ1) is 24.3. The van der Waals surface area contributed by atoms with Crippen LogP contribution in [0, 0.1) is 5.41 Å². The fourth-order valence-corrected chi connectivity index (χ4v) is 8.14. The largest absolute Gasteiger partial charge is 0.476 e. The highest BCUT2D eigenvalue weighted by Crippen LogP contribution is 2.67. The number of allylic oxidation sites excluding steroid dienone is 2. The van der Waals surface area contributed by atoms with Crippen LogP contribution in [-0.4, -0.2) is 51.9 Å². The lowest BCUT2D eigenvalue weighted by Gasteiger charge is -2.42. The summed E-state index contributed by atoms with van der Waals surface area (Å²) in [5, 5.41) is 5.41. The van der Waals surface area contributed by atoms with E-state index in [2.05, 4.69) is 88.5 Å². The summed E-state index contributed by atoms with van der Waals surface area (Å²) in [5.41, 5.74) is 9.35. The zero-order valence-corrected chi connectivity index (χ0v) is 29.9. The number of rotatable bonds is 11. The first-order valence-electron chi connectivity index (χ1n) is 17.3. The second kappa shape index (κ2) is 13.0. The van der Waals surface area contributed by atoms with E-state index < -0.39 is 0 Å². The quantitative estimate of drug-likeness (QED) is 0.134. The monoisotopic (exact) mass is 703 g/mol. The number of hydrogen-bond acceptors (Lipinski definition) is 5. The average molecular weight is 705 g/mol. The molecule has 3 aliphatic rings. The van der Waals surface area contributed by atoms with Crippen molar-refractivity contribution >= 4 is 57.0 Å². The minimum absolute atomic E-state index is 0.144. The van der Waals surface area contributed by atoms with Crippen molar-refractivity contribution < 1.29 is 9.53 Å². The molecule has 0 saturated heterocycles. The third-order valence-corrected chi connectivity index (χ3v) is 10.9. The van der Waals surface area contributed by atoms with E-state index >= 15 is 0 Å². The van der Waals surface area contributed by atoms with Gasteiger partial charge in [-0.3, -0.25) is 4.79 Å². The first-order valence-corrected chi connectivity index (χ1v) is 18.1. The number of ether oxygens (including phenoxy) is 1. The van der Waals surface area contributed by atoms with Crippen LogP contribution in [0.4, 0.5) is 5.69 Å². The SMILES string of the molecule is CCN(CC)CCCOc1ncccc1NC(=O)c1[nH]c2cc(Cl)cc3c2c1C1=C(c2ccccc2)C2(C)CC2=CN1C3c1ccc(Cl)cc1. The number of carbonyl (C=O) groups is 1. The van der Waals surface area contributed by atoms with Crippen LogP contribution in [0.25, 0.3) is 22.2 Å². The number of nitrogens with zero attached hydrogens (tertiary/aromatic N) is 3. The summed E-state index contributed by atoms with van der Waals surface area (Å²) < 4.78 is 6.12. The van der Waals surface area contributed by atoms with Crippen molar-refractivity contribution in [1.29, 1.82) is 0 Å². The van der Waals surface area contributed by atoms with Gasteiger partial charge < -0.3 is 24.8 Å². The topological polar surface area (TPSA) is 73.5 Å². The molecule has 1 saturated carbocycles. The van der Waals surface area contributed by atoms with Crippen molar-refractivity contribution in [3.05, 3.63) is 135 Å². The number of amides is 1. The van der Waals surface area contributed by atoms with Gasteiger partial charge in [-0.15, -0.1) is 0 Å². The number of nitrogens with one attached hydrogen (secondary N) is 2. The van der Waals surface area contributed by atoms with Gasteiger partial charge in [-0.25, -0.2) is 4.98 Å². The molecule has 50 heavy (non-hydrogen) atoms. The van der Waals surface area contributed by atoms with Crippen LogP contribution >= 0.6 is 23.2 Å². The smallest absolute Gasteiger partial charge is 0.272 e. The van der Waals surface area contributed by atoms with E-state index in [1.807, 2.05) is 36.4 Å². The van der Waals surface area contributed by atoms with E-state index in [1.165, 1.54) is 11.1 Å². The number of carbonyl (C=O) groups excluding carboxylic acids is 1. The lowest BCUT2D eigenvalue weighted by molar-refractivity contribution is 0.102. The predicted molar refractivity (Wildman–Crippen MR) is 203 cm³/mol. The summed E-state index contributed by atoms with van der Waals surface area (Å²) in [5.74, 6) is 0.123. The summed E-state index contributed by atoms with van der Waals surface area (Å²) in [6.45, 7) is 10.1. The Balaban J connectivity index is 1.27. The Morgan fingerprint density at radius 1 is 1.04 bits per heavy atom. The molecule has 2 N–H and O–H groups in total. The van der Waals surface area contributed by atoms with E-state index in [4.69, 9.17) is 27.9 Å². The molecule has 2 unspecified atom stereocenters. The second-order valence-electron chi connectivity index (χ2n) is 13.4. The molecule has 2 atom stereocenters. The standard InChI is InChI=1S/C41H39Cl2N5O2/c1-4-47(5-2)19-10-20-50-40-31(13-9-18-44-40)46-39(49)36-34-33-30(21-29(43)22-32(33)45-36)37(26-14-16-28(42)17-15-26)48-24-27-23-41(27,3)35(38(34)48)25-11-7-6-8-12-25/h6-9,11-18,21-22,24,37,45H,4-5,10,19-20,23H2,1-3H3,(H,46,49). The van der Waals surface area contributed by atoms with E-state index in [9.17, 15) is 4.79 Å². The van der Waals surface area contributed by atoms with Crippen LogP contribution in [-0.2, 0) is 0 Å². The highest BCUT2D eigenvalue weighted by Gasteiger charge is 2.55. The van der Waals surface area contributed by atoms with Crippen molar-refractivity contribution in [1.82, 2.24) is 19.8 Å². The third-order valence-electron chi connectivity index (χ3n) is 10.4. The number of H-pyrrole nitrogens is 1. The van der Waals surface area contributed by atoms with Gasteiger partial charge in [0.15, 0.2) is 0 Å². The van der Waals surface area contributed by atoms with Crippen LogP contribution in [0.1, 0.15) is 72.4 Å². The maximum absolute atomic E-state index is 14.6. The van der Waals surface area contributed by atoms with Crippen molar-refractivity contribution in [2.45, 2.75) is 39.7 Å². The molecule has 3 aromatic carbocycles. The van der Waals surface area contributed by atoms with Crippen molar-refractivity contribution in [3.63, 3.8) is 0 Å². The Bertz CT molecular complexity index is 2170. The van der Waals surface area contributed by atoms with Crippen molar-refractivity contribution in [3.8, 4) is 5.88 Å². The van der Waals surface area contributed by atoms with Crippen molar-refractivity contribution in [2.24, 2.45) is 5.41 Å². The molecule has 8 rings (SSSR count). The predicted octanol–water partition coefficient (Wildman–Crippen LogP) is 9.81. The molecule has 1 fully saturated rings. The van der Waals surface area contributed by atoms with Gasteiger partial charge in [-0.1, -0.05) is 86.4 Å². The van der Waals surface area contributed by atoms with E-state index in [-0.39, 0.29) is 17.4 Å². The van der Waals surface area contributed by atoms with Gasteiger partial charge in [0.2, 0.25) is 5.88 Å². The summed E-state index contributed by atoms with van der Waals surface area (Å²) >= 11 is 13.2. The van der Waals surface area contributed by atoms with Crippen molar-refractivity contribution in [2.75, 3.05) is 31.6 Å². The number of hydrogen-bond donors (Lipinski definition) is 2. The van der Waals surface area contributed by atoms with Gasteiger partial charge in [-0.2, -0.15) is 0 Å². The maximum atomic E-state index is 14.6. The van der Waals surface area contributed by atoms with E-state index in [0.29, 0.717) is 33.9 Å². The van der Waals surface area contributed by atoms with Gasteiger partial charge in [0, 0.05) is 50.9 Å². The molecule has 0 radical (unpaired) electrons.